The molecule has 0 spiro atoms. The molecule has 0 saturated heterocycles. The molecule has 0 aliphatic heterocycles. The fourth-order valence-corrected chi connectivity index (χ4v) is 3.39. The summed E-state index contributed by atoms with van der Waals surface area (Å²) in [6.45, 7) is 6.58. The van der Waals surface area contributed by atoms with Gasteiger partial charge in [0.25, 0.3) is 0 Å². The summed E-state index contributed by atoms with van der Waals surface area (Å²) in [6, 6.07) is 8.68. The van der Waals surface area contributed by atoms with Gasteiger partial charge in [-0.15, -0.1) is 0 Å². The van der Waals surface area contributed by atoms with Crippen molar-refractivity contribution in [3.8, 4) is 23.0 Å². The van der Waals surface area contributed by atoms with E-state index in [1.54, 1.807) is 27.0 Å². The van der Waals surface area contributed by atoms with Crippen LogP contribution in [0.3, 0.4) is 0 Å². The molecule has 2 rings (SSSR count). The molecule has 0 unspecified atom stereocenters. The molecule has 1 aromatic heterocycles. The van der Waals surface area contributed by atoms with Crippen molar-refractivity contribution in [2.45, 2.75) is 59.2 Å². The molecule has 0 radical (unpaired) electrons. The minimum Gasteiger partial charge on any atom is -0.497 e. The van der Waals surface area contributed by atoms with Crippen molar-refractivity contribution in [3.63, 3.8) is 0 Å². The van der Waals surface area contributed by atoms with Crippen LogP contribution in [0.15, 0.2) is 36.5 Å². The maximum Gasteiger partial charge on any atom is 0.309 e. The van der Waals surface area contributed by atoms with Crippen LogP contribution in [0, 0.1) is 5.92 Å². The number of pyridine rings is 1. The van der Waals surface area contributed by atoms with E-state index in [9.17, 15) is 14.4 Å². The Hall–Kier alpha value is -3.62. The van der Waals surface area contributed by atoms with E-state index in [2.05, 4.69) is 4.98 Å². The number of esters is 2. The van der Waals surface area contributed by atoms with Crippen molar-refractivity contribution >= 4 is 17.7 Å². The first-order valence-electron chi connectivity index (χ1n) is 11.5. The fraction of sp³-hybridized carbons (Fsp3) is 0.462. The van der Waals surface area contributed by atoms with E-state index in [0.717, 1.165) is 6.42 Å². The number of nitrogens with zero attached hydrogens (tertiary/aromatic N) is 1. The van der Waals surface area contributed by atoms with E-state index in [1.165, 1.54) is 26.3 Å². The van der Waals surface area contributed by atoms with Crippen LogP contribution in [0.2, 0.25) is 0 Å². The quantitative estimate of drug-likeness (QED) is 0.300. The molecule has 9 nitrogen and oxygen atoms in total. The Kier molecular flexibility index (Phi) is 10.5. The van der Waals surface area contributed by atoms with Gasteiger partial charge >= 0.3 is 11.9 Å². The number of carbonyl (C=O) groups is 3. The first-order valence-corrected chi connectivity index (χ1v) is 11.5. The predicted molar refractivity (Wildman–Crippen MR) is 128 cm³/mol. The summed E-state index contributed by atoms with van der Waals surface area (Å²) >= 11 is 0. The second-order valence-corrected chi connectivity index (χ2v) is 8.08. The first-order chi connectivity index (χ1) is 16.7. The van der Waals surface area contributed by atoms with Crippen LogP contribution in [0.5, 0.6) is 23.0 Å². The Balaban J connectivity index is 2.07. The Morgan fingerprint density at radius 1 is 1.03 bits per heavy atom. The molecule has 2 aromatic rings. The molecule has 35 heavy (non-hydrogen) atoms. The Labute approximate surface area is 205 Å². The average Bonchev–Trinajstić information content (AvgIpc) is 2.83. The number of benzene rings is 1. The molecule has 9 heteroatoms. The summed E-state index contributed by atoms with van der Waals surface area (Å²) < 4.78 is 27.3. The molecule has 0 fully saturated rings. The number of Topliss-reactive ketones (excluding diaryl/α,β-unsaturated/α-hetero) is 1. The minimum absolute atomic E-state index is 0.0730. The average molecular weight is 488 g/mol. The van der Waals surface area contributed by atoms with E-state index >= 15 is 0 Å². The van der Waals surface area contributed by atoms with Gasteiger partial charge in [0.1, 0.15) is 23.7 Å². The normalized spacial score (nSPS) is 13.2. The molecule has 1 aromatic carbocycles. The molecule has 0 aliphatic carbocycles. The molecular weight excluding hydrogens is 454 g/mol. The minimum atomic E-state index is -0.762. The maximum absolute atomic E-state index is 12.9. The van der Waals surface area contributed by atoms with E-state index in [0.29, 0.717) is 17.9 Å². The Bertz CT molecular complexity index is 1020. The van der Waals surface area contributed by atoms with Crippen LogP contribution < -0.4 is 18.9 Å². The highest BCUT2D eigenvalue weighted by Gasteiger charge is 2.28. The van der Waals surface area contributed by atoms with Gasteiger partial charge in [-0.05, 0) is 25.5 Å². The SMILES string of the molecule is CCC[C@@H](Oc1cccc(OC)c1)[C@H](C)OC(=O)[C@H](C)CC(=O)c1nccc(OC)c1OC(C)=O. The summed E-state index contributed by atoms with van der Waals surface area (Å²) in [5, 5.41) is 0. The first kappa shape index (κ1) is 27.6. The highest BCUT2D eigenvalue weighted by molar-refractivity contribution is 5.99. The zero-order valence-corrected chi connectivity index (χ0v) is 21.0. The number of hydrogen-bond acceptors (Lipinski definition) is 9. The Morgan fingerprint density at radius 3 is 2.37 bits per heavy atom. The van der Waals surface area contributed by atoms with Crippen molar-refractivity contribution in [1.82, 2.24) is 4.98 Å². The summed E-state index contributed by atoms with van der Waals surface area (Å²) in [5.74, 6) is -1.01. The number of methoxy groups -OCH3 is 2. The number of carbonyl (C=O) groups excluding carboxylic acids is 3. The van der Waals surface area contributed by atoms with Gasteiger partial charge in [0.2, 0.25) is 5.75 Å². The summed E-state index contributed by atoms with van der Waals surface area (Å²) in [6.07, 6.45) is 1.74. The lowest BCUT2D eigenvalue weighted by Gasteiger charge is -2.26. The molecule has 0 aliphatic rings. The predicted octanol–water partition coefficient (Wildman–Crippen LogP) is 4.41. The third-order valence-electron chi connectivity index (χ3n) is 5.22. The molecule has 190 valence electrons. The van der Waals surface area contributed by atoms with E-state index in [4.69, 9.17) is 23.7 Å². The fourth-order valence-electron chi connectivity index (χ4n) is 3.39. The third-order valence-corrected chi connectivity index (χ3v) is 5.22. The van der Waals surface area contributed by atoms with Gasteiger partial charge in [0.15, 0.2) is 17.2 Å². The smallest absolute Gasteiger partial charge is 0.309 e. The lowest BCUT2D eigenvalue weighted by atomic mass is 10.0. The standard InChI is InChI=1S/C26H33NO8/c1-7-9-22(35-20-11-8-10-19(15-20)31-5)17(3)33-26(30)16(2)14-21(29)24-25(34-18(4)28)23(32-6)12-13-27-24/h8,10-13,15-17,22H,7,9,14H2,1-6H3/t16-,17+,22-/m1/s1. The van der Waals surface area contributed by atoms with Gasteiger partial charge in [-0.3, -0.25) is 14.4 Å². The zero-order valence-electron chi connectivity index (χ0n) is 21.0. The van der Waals surface area contributed by atoms with E-state index < -0.39 is 29.7 Å². The molecule has 3 atom stereocenters. The van der Waals surface area contributed by atoms with Gasteiger partial charge < -0.3 is 23.7 Å². The number of rotatable bonds is 13. The highest BCUT2D eigenvalue weighted by atomic mass is 16.6. The number of ether oxygens (including phenoxy) is 5. The van der Waals surface area contributed by atoms with Crippen LogP contribution >= 0.6 is 0 Å². The van der Waals surface area contributed by atoms with Crippen LogP contribution in [0.4, 0.5) is 0 Å². The highest BCUT2D eigenvalue weighted by Crippen LogP contribution is 2.31. The Morgan fingerprint density at radius 2 is 1.74 bits per heavy atom. The summed E-state index contributed by atoms with van der Waals surface area (Å²) in [5.41, 5.74) is -0.0857. The molecule has 1 heterocycles. The second-order valence-electron chi connectivity index (χ2n) is 8.08. The number of hydrogen-bond donors (Lipinski definition) is 0. The summed E-state index contributed by atoms with van der Waals surface area (Å²) in [7, 11) is 2.96. The van der Waals surface area contributed by atoms with Crippen LogP contribution in [0.1, 0.15) is 57.4 Å². The van der Waals surface area contributed by atoms with Gasteiger partial charge in [0.05, 0.1) is 20.1 Å². The van der Waals surface area contributed by atoms with Gasteiger partial charge in [-0.2, -0.15) is 0 Å². The van der Waals surface area contributed by atoms with E-state index in [1.807, 2.05) is 25.1 Å². The maximum atomic E-state index is 12.9. The van der Waals surface area contributed by atoms with Crippen molar-refractivity contribution < 1.29 is 38.1 Å². The molecule has 0 bridgehead atoms. The van der Waals surface area contributed by atoms with Crippen molar-refractivity contribution in [2.24, 2.45) is 5.92 Å². The van der Waals surface area contributed by atoms with Crippen molar-refractivity contribution in [1.29, 1.82) is 0 Å². The largest absolute Gasteiger partial charge is 0.497 e. The lowest BCUT2D eigenvalue weighted by molar-refractivity contribution is -0.157. The van der Waals surface area contributed by atoms with Crippen molar-refractivity contribution in [3.05, 3.63) is 42.2 Å². The van der Waals surface area contributed by atoms with Crippen LogP contribution in [-0.4, -0.2) is 49.1 Å². The van der Waals surface area contributed by atoms with Crippen LogP contribution in [0.25, 0.3) is 0 Å². The van der Waals surface area contributed by atoms with Gasteiger partial charge in [-0.25, -0.2) is 4.98 Å². The molecular formula is C26H33NO8. The monoisotopic (exact) mass is 487 g/mol. The molecule has 0 amide bonds. The summed E-state index contributed by atoms with van der Waals surface area (Å²) in [4.78, 5) is 41.2. The second kappa shape index (κ2) is 13.3. The zero-order chi connectivity index (χ0) is 26.0. The molecule has 0 N–H and O–H groups in total. The number of ketones is 1. The van der Waals surface area contributed by atoms with Crippen LogP contribution in [-0.2, 0) is 14.3 Å². The van der Waals surface area contributed by atoms with E-state index in [-0.39, 0.29) is 29.7 Å². The van der Waals surface area contributed by atoms with Gasteiger partial charge in [-0.1, -0.05) is 26.3 Å². The van der Waals surface area contributed by atoms with Gasteiger partial charge in [0, 0.05) is 31.7 Å². The lowest BCUT2D eigenvalue weighted by Crippen LogP contribution is -2.35. The molecule has 0 saturated carbocycles. The topological polar surface area (TPSA) is 110 Å². The third kappa shape index (κ3) is 7.98. The van der Waals surface area contributed by atoms with Crippen molar-refractivity contribution in [2.75, 3.05) is 14.2 Å². The number of aromatic nitrogens is 1.